The van der Waals surface area contributed by atoms with Crippen LogP contribution in [0.2, 0.25) is 0 Å². The maximum atomic E-state index is 13.5. The Morgan fingerprint density at radius 2 is 1.78 bits per heavy atom. The molecule has 2 aromatic heterocycles. The average Bonchev–Trinajstić information content (AvgIpc) is 3.22. The van der Waals surface area contributed by atoms with Gasteiger partial charge in [-0.25, -0.2) is 13.8 Å². The highest BCUT2D eigenvalue weighted by Crippen LogP contribution is 2.31. The monoisotopic (exact) mass is 436 g/mol. The molecule has 0 spiro atoms. The highest BCUT2D eigenvalue weighted by Gasteiger charge is 2.15. The SMILES string of the molecule is N[C@@H](Oc1ccc2[nH]nc(-c3ccc(N4CCNCC4)nc3)c2c1)c1cc(F)cc(F)c1. The van der Waals surface area contributed by atoms with Gasteiger partial charge in [-0.2, -0.15) is 5.10 Å². The molecule has 1 aliphatic heterocycles. The lowest BCUT2D eigenvalue weighted by molar-refractivity contribution is 0.213. The fourth-order valence-electron chi connectivity index (χ4n) is 3.85. The molecule has 5 rings (SSSR count). The van der Waals surface area contributed by atoms with Crippen LogP contribution in [0.4, 0.5) is 14.6 Å². The van der Waals surface area contributed by atoms with Gasteiger partial charge in [0.05, 0.1) is 5.52 Å². The third kappa shape index (κ3) is 4.12. The minimum Gasteiger partial charge on any atom is -0.471 e. The molecule has 0 aliphatic carbocycles. The van der Waals surface area contributed by atoms with E-state index in [0.29, 0.717) is 5.75 Å². The Hall–Kier alpha value is -3.56. The average molecular weight is 436 g/mol. The van der Waals surface area contributed by atoms with E-state index in [4.69, 9.17) is 10.5 Å². The Kier molecular flexibility index (Phi) is 5.42. The number of nitrogens with two attached hydrogens (primary N) is 1. The minimum absolute atomic E-state index is 0.211. The predicted molar refractivity (Wildman–Crippen MR) is 118 cm³/mol. The van der Waals surface area contributed by atoms with E-state index in [9.17, 15) is 8.78 Å². The van der Waals surface area contributed by atoms with Gasteiger partial charge in [-0.15, -0.1) is 0 Å². The van der Waals surface area contributed by atoms with Gasteiger partial charge in [0.15, 0.2) is 6.23 Å². The van der Waals surface area contributed by atoms with Gasteiger partial charge in [-0.1, -0.05) is 0 Å². The van der Waals surface area contributed by atoms with Gasteiger partial charge in [0.1, 0.15) is 28.9 Å². The number of nitrogens with one attached hydrogen (secondary N) is 2. The van der Waals surface area contributed by atoms with Crippen LogP contribution in [0.3, 0.4) is 0 Å². The van der Waals surface area contributed by atoms with Crippen LogP contribution in [0.5, 0.6) is 5.75 Å². The molecule has 9 heteroatoms. The number of ether oxygens (including phenoxy) is 1. The van der Waals surface area contributed by atoms with Crippen molar-refractivity contribution in [2.45, 2.75) is 6.23 Å². The first kappa shape index (κ1) is 20.3. The first-order valence-electron chi connectivity index (χ1n) is 10.4. The van der Waals surface area contributed by atoms with Gasteiger partial charge in [-0.3, -0.25) is 10.8 Å². The first-order chi connectivity index (χ1) is 15.6. The molecule has 0 amide bonds. The van der Waals surface area contributed by atoms with Crippen LogP contribution < -0.4 is 20.7 Å². The molecule has 2 aromatic carbocycles. The topological polar surface area (TPSA) is 92.1 Å². The molecule has 0 bridgehead atoms. The largest absolute Gasteiger partial charge is 0.471 e. The zero-order chi connectivity index (χ0) is 22.1. The summed E-state index contributed by atoms with van der Waals surface area (Å²) in [6, 6.07) is 12.4. The number of halogens is 2. The third-order valence-corrected chi connectivity index (χ3v) is 5.47. The fourth-order valence-corrected chi connectivity index (χ4v) is 3.85. The standard InChI is InChI=1S/C23H22F2N6O/c24-16-9-15(10-17(25)11-16)23(26)32-18-2-3-20-19(12-18)22(30-29-20)14-1-4-21(28-13-14)31-7-5-27-6-8-31/h1-4,9-13,23,27H,5-8,26H2,(H,29,30)/t23-/m0/s1. The van der Waals surface area contributed by atoms with Crippen LogP contribution in [0.15, 0.2) is 54.7 Å². The van der Waals surface area contributed by atoms with Crippen LogP contribution >= 0.6 is 0 Å². The molecule has 1 atom stereocenters. The van der Waals surface area contributed by atoms with E-state index in [1.807, 2.05) is 24.4 Å². The Bertz CT molecular complexity index is 1220. The molecular formula is C23H22F2N6O. The number of nitrogens with zero attached hydrogens (tertiary/aromatic N) is 3. The lowest BCUT2D eigenvalue weighted by atomic mass is 10.1. The number of rotatable bonds is 5. The Morgan fingerprint density at radius 1 is 1.00 bits per heavy atom. The molecule has 32 heavy (non-hydrogen) atoms. The Morgan fingerprint density at radius 3 is 2.50 bits per heavy atom. The summed E-state index contributed by atoms with van der Waals surface area (Å²) in [6.45, 7) is 3.74. The van der Waals surface area contributed by atoms with Gasteiger partial charge in [0.2, 0.25) is 0 Å². The van der Waals surface area contributed by atoms with Crippen molar-refractivity contribution in [1.82, 2.24) is 20.5 Å². The van der Waals surface area contributed by atoms with Gasteiger partial charge >= 0.3 is 0 Å². The van der Waals surface area contributed by atoms with Crippen LogP contribution in [0, 0.1) is 11.6 Å². The molecule has 0 unspecified atom stereocenters. The highest BCUT2D eigenvalue weighted by molar-refractivity contribution is 5.93. The lowest BCUT2D eigenvalue weighted by Crippen LogP contribution is -2.43. The number of H-pyrrole nitrogens is 1. The molecule has 0 saturated carbocycles. The second-order valence-electron chi connectivity index (χ2n) is 7.66. The zero-order valence-corrected chi connectivity index (χ0v) is 17.2. The number of pyridine rings is 1. The lowest BCUT2D eigenvalue weighted by Gasteiger charge is -2.28. The maximum absolute atomic E-state index is 13.5. The van der Waals surface area contributed by atoms with E-state index in [-0.39, 0.29) is 5.56 Å². The minimum atomic E-state index is -1.02. The molecule has 164 valence electrons. The van der Waals surface area contributed by atoms with E-state index in [0.717, 1.165) is 72.4 Å². The first-order valence-corrected chi connectivity index (χ1v) is 10.4. The smallest absolute Gasteiger partial charge is 0.174 e. The second kappa shape index (κ2) is 8.52. The van der Waals surface area contributed by atoms with Crippen LogP contribution in [0.1, 0.15) is 11.8 Å². The zero-order valence-electron chi connectivity index (χ0n) is 17.2. The number of aromatic nitrogens is 3. The molecule has 1 fully saturated rings. The van der Waals surface area contributed by atoms with Crippen molar-refractivity contribution in [3.8, 4) is 17.0 Å². The van der Waals surface area contributed by atoms with Gasteiger partial charge < -0.3 is 15.0 Å². The number of benzene rings is 2. The summed E-state index contributed by atoms with van der Waals surface area (Å²) in [5.41, 5.74) is 8.65. The molecule has 0 radical (unpaired) electrons. The number of hydrogen-bond donors (Lipinski definition) is 3. The Labute approximate surface area is 183 Å². The molecule has 1 saturated heterocycles. The van der Waals surface area contributed by atoms with E-state index < -0.39 is 17.9 Å². The summed E-state index contributed by atoms with van der Waals surface area (Å²) >= 11 is 0. The van der Waals surface area contributed by atoms with Crippen molar-refractivity contribution >= 4 is 16.7 Å². The van der Waals surface area contributed by atoms with Crippen LogP contribution in [0.25, 0.3) is 22.2 Å². The maximum Gasteiger partial charge on any atom is 0.174 e. The van der Waals surface area contributed by atoms with Crippen molar-refractivity contribution in [3.63, 3.8) is 0 Å². The number of aromatic amines is 1. The number of anilines is 1. The Balaban J connectivity index is 1.40. The third-order valence-electron chi connectivity index (χ3n) is 5.47. The van der Waals surface area contributed by atoms with Gasteiger partial charge in [0.25, 0.3) is 0 Å². The number of fused-ring (bicyclic) bond motifs is 1. The normalized spacial score (nSPS) is 15.2. The molecule has 4 aromatic rings. The summed E-state index contributed by atoms with van der Waals surface area (Å²) in [6.07, 6.45) is 0.787. The van der Waals surface area contributed by atoms with Crippen molar-refractivity contribution in [2.75, 3.05) is 31.1 Å². The quantitative estimate of drug-likeness (QED) is 0.416. The van der Waals surface area contributed by atoms with Crippen LogP contribution in [-0.4, -0.2) is 41.4 Å². The van der Waals surface area contributed by atoms with E-state index in [1.54, 1.807) is 12.1 Å². The molecular weight excluding hydrogens is 414 g/mol. The molecule has 1 aliphatic rings. The molecule has 7 nitrogen and oxygen atoms in total. The number of hydrogen-bond acceptors (Lipinski definition) is 6. The fraction of sp³-hybridized carbons (Fsp3) is 0.217. The van der Waals surface area contributed by atoms with Crippen LogP contribution in [-0.2, 0) is 0 Å². The van der Waals surface area contributed by atoms with Crippen molar-refractivity contribution in [2.24, 2.45) is 5.73 Å². The van der Waals surface area contributed by atoms with Gasteiger partial charge in [0, 0.05) is 55.0 Å². The van der Waals surface area contributed by atoms with E-state index in [2.05, 4.69) is 25.4 Å². The van der Waals surface area contributed by atoms with E-state index >= 15 is 0 Å². The summed E-state index contributed by atoms with van der Waals surface area (Å²) in [5, 5.41) is 11.6. The van der Waals surface area contributed by atoms with Crippen molar-refractivity contribution < 1.29 is 13.5 Å². The summed E-state index contributed by atoms with van der Waals surface area (Å²) in [5.74, 6) is -0.0121. The number of piperazine rings is 1. The van der Waals surface area contributed by atoms with Crippen molar-refractivity contribution in [3.05, 3.63) is 71.9 Å². The van der Waals surface area contributed by atoms with E-state index in [1.165, 1.54) is 0 Å². The van der Waals surface area contributed by atoms with Gasteiger partial charge in [-0.05, 0) is 42.5 Å². The highest BCUT2D eigenvalue weighted by atomic mass is 19.1. The second-order valence-corrected chi connectivity index (χ2v) is 7.66. The summed E-state index contributed by atoms with van der Waals surface area (Å²) < 4.78 is 32.8. The molecule has 4 N–H and O–H groups in total. The molecule has 3 heterocycles. The predicted octanol–water partition coefficient (Wildman–Crippen LogP) is 3.35. The van der Waals surface area contributed by atoms with Crippen molar-refractivity contribution in [1.29, 1.82) is 0 Å². The summed E-state index contributed by atoms with van der Waals surface area (Å²) in [7, 11) is 0. The summed E-state index contributed by atoms with van der Waals surface area (Å²) in [4.78, 5) is 6.86.